The first kappa shape index (κ1) is 25.6. The van der Waals surface area contributed by atoms with Gasteiger partial charge in [-0.3, -0.25) is 4.79 Å². The third kappa shape index (κ3) is 3.96. The molecule has 3 aliphatic carbocycles. The molecule has 7 nitrogen and oxygen atoms in total. The van der Waals surface area contributed by atoms with E-state index in [0.29, 0.717) is 37.5 Å². The maximum Gasteiger partial charge on any atom is 0.336 e. The van der Waals surface area contributed by atoms with Gasteiger partial charge >= 0.3 is 5.97 Å². The predicted molar refractivity (Wildman–Crippen MR) is 153 cm³/mol. The number of benzene rings is 1. The van der Waals surface area contributed by atoms with Crippen LogP contribution in [0.25, 0.3) is 10.9 Å². The van der Waals surface area contributed by atoms with Gasteiger partial charge in [-0.25, -0.2) is 4.79 Å². The van der Waals surface area contributed by atoms with Gasteiger partial charge in [0.05, 0.1) is 36.3 Å². The minimum atomic E-state index is -0.876. The molecule has 0 bridgehead atoms. The zero-order chi connectivity index (χ0) is 27.7. The fourth-order valence-corrected chi connectivity index (χ4v) is 8.09. The quantitative estimate of drug-likeness (QED) is 0.536. The van der Waals surface area contributed by atoms with Crippen LogP contribution >= 0.6 is 0 Å². The summed E-state index contributed by atoms with van der Waals surface area (Å²) in [6.07, 6.45) is 10.8. The molecule has 0 spiro atoms. The summed E-state index contributed by atoms with van der Waals surface area (Å²) < 4.78 is 14.1. The zero-order valence-corrected chi connectivity index (χ0v) is 23.6. The normalized spacial score (nSPS) is 28.2. The molecule has 2 aliphatic heterocycles. The highest BCUT2D eigenvalue weighted by atomic mass is 16.5. The lowest BCUT2D eigenvalue weighted by atomic mass is 9.75. The molecule has 7 rings (SSSR count). The summed E-state index contributed by atoms with van der Waals surface area (Å²) in [5.41, 5.74) is 6.74. The van der Waals surface area contributed by atoms with Gasteiger partial charge in [-0.15, -0.1) is 0 Å². The Morgan fingerprint density at radius 3 is 2.52 bits per heavy atom. The van der Waals surface area contributed by atoms with Crippen LogP contribution in [0.2, 0.25) is 0 Å². The lowest BCUT2D eigenvalue weighted by Gasteiger charge is -2.39. The number of hydrogen-bond donors (Lipinski definition) is 1. The van der Waals surface area contributed by atoms with E-state index in [1.807, 2.05) is 18.7 Å². The van der Waals surface area contributed by atoms with Gasteiger partial charge in [-0.1, -0.05) is 37.5 Å². The van der Waals surface area contributed by atoms with E-state index in [4.69, 9.17) is 9.47 Å². The number of carbonyl (C=O) groups excluding carboxylic acids is 1. The van der Waals surface area contributed by atoms with Crippen LogP contribution in [-0.2, 0) is 20.9 Å². The number of ether oxygens (including phenoxy) is 2. The second-order valence-electron chi connectivity index (χ2n) is 12.3. The number of carboxylic acid groups (broad SMARTS) is 1. The van der Waals surface area contributed by atoms with E-state index in [2.05, 4.69) is 34.9 Å². The third-order valence-corrected chi connectivity index (χ3v) is 9.75. The molecule has 40 heavy (non-hydrogen) atoms. The minimum absolute atomic E-state index is 0.0112. The van der Waals surface area contributed by atoms with Crippen LogP contribution in [0.5, 0.6) is 5.75 Å². The first-order valence-corrected chi connectivity index (χ1v) is 14.9. The number of amides is 1. The van der Waals surface area contributed by atoms with Crippen LogP contribution in [-0.4, -0.2) is 58.9 Å². The number of rotatable bonds is 4. The van der Waals surface area contributed by atoms with E-state index < -0.39 is 5.97 Å². The summed E-state index contributed by atoms with van der Waals surface area (Å²) in [6, 6.07) is 6.55. The maximum atomic E-state index is 14.3. The lowest BCUT2D eigenvalue weighted by Crippen LogP contribution is -2.51. The fraction of sp³-hybridized carbons (Fsp3) is 0.515. The zero-order valence-electron chi connectivity index (χ0n) is 23.6. The number of carboxylic acids is 1. The Morgan fingerprint density at radius 2 is 1.82 bits per heavy atom. The van der Waals surface area contributed by atoms with Gasteiger partial charge in [0, 0.05) is 36.6 Å². The molecule has 0 radical (unpaired) electrons. The number of hydrogen-bond acceptors (Lipinski definition) is 4. The molecule has 3 heterocycles. The smallest absolute Gasteiger partial charge is 0.336 e. The highest BCUT2D eigenvalue weighted by Gasteiger charge is 2.48. The van der Waals surface area contributed by atoms with Crippen LogP contribution in [0.15, 0.2) is 52.6 Å². The summed E-state index contributed by atoms with van der Waals surface area (Å²) >= 11 is 0. The van der Waals surface area contributed by atoms with Crippen LogP contribution in [0.3, 0.4) is 0 Å². The molecule has 2 fully saturated rings. The molecule has 1 saturated heterocycles. The number of methoxy groups -OCH3 is 1. The molecule has 1 saturated carbocycles. The first-order valence-electron chi connectivity index (χ1n) is 14.9. The van der Waals surface area contributed by atoms with Gasteiger partial charge in [-0.05, 0) is 73.4 Å². The number of morpholine rings is 1. The van der Waals surface area contributed by atoms with Crippen molar-refractivity contribution in [1.82, 2.24) is 9.47 Å². The summed E-state index contributed by atoms with van der Waals surface area (Å²) in [5.74, 6) is 0.0436. The highest BCUT2D eigenvalue weighted by molar-refractivity contribution is 6.05. The Hall–Kier alpha value is -3.32. The molecule has 7 heteroatoms. The fourth-order valence-electron chi connectivity index (χ4n) is 8.09. The number of carbonyl (C=O) groups is 2. The van der Waals surface area contributed by atoms with Crippen molar-refractivity contribution in [1.29, 1.82) is 0 Å². The van der Waals surface area contributed by atoms with E-state index in [-0.39, 0.29) is 30.0 Å². The summed E-state index contributed by atoms with van der Waals surface area (Å²) in [4.78, 5) is 28.6. The average Bonchev–Trinajstić information content (AvgIpc) is 3.58. The summed E-state index contributed by atoms with van der Waals surface area (Å²) in [5, 5.41) is 11.2. The number of nitrogens with zero attached hydrogens (tertiary/aromatic N) is 2. The van der Waals surface area contributed by atoms with E-state index in [9.17, 15) is 14.7 Å². The van der Waals surface area contributed by atoms with Gasteiger partial charge in [0.15, 0.2) is 0 Å². The predicted octanol–water partition coefficient (Wildman–Crippen LogP) is 5.70. The molecule has 1 aromatic carbocycles. The molecule has 2 aromatic rings. The van der Waals surface area contributed by atoms with Crippen molar-refractivity contribution in [3.63, 3.8) is 0 Å². The lowest BCUT2D eigenvalue weighted by molar-refractivity contribution is -0.148. The topological polar surface area (TPSA) is 81.0 Å². The molecule has 4 atom stereocenters. The van der Waals surface area contributed by atoms with E-state index in [0.717, 1.165) is 39.1 Å². The highest BCUT2D eigenvalue weighted by Crippen LogP contribution is 2.55. The van der Waals surface area contributed by atoms with Crippen molar-refractivity contribution >= 4 is 22.8 Å². The minimum Gasteiger partial charge on any atom is -0.496 e. The molecule has 210 valence electrons. The van der Waals surface area contributed by atoms with Crippen LogP contribution in [0.1, 0.15) is 75.5 Å². The monoisotopic (exact) mass is 542 g/mol. The molecule has 5 aliphatic rings. The van der Waals surface area contributed by atoms with E-state index in [1.165, 1.54) is 37.7 Å². The number of aliphatic carboxylic acids is 1. The molecule has 3 unspecified atom stereocenters. The van der Waals surface area contributed by atoms with Crippen molar-refractivity contribution in [3.05, 3.63) is 63.9 Å². The van der Waals surface area contributed by atoms with Crippen molar-refractivity contribution in [2.45, 2.75) is 83.0 Å². The van der Waals surface area contributed by atoms with Gasteiger partial charge in [-0.2, -0.15) is 0 Å². The molecular formula is C33H38N2O5. The summed E-state index contributed by atoms with van der Waals surface area (Å²) in [7, 11) is 1.71. The largest absolute Gasteiger partial charge is 0.496 e. The molecule has 1 N–H and O–H groups in total. The van der Waals surface area contributed by atoms with Crippen LogP contribution < -0.4 is 4.74 Å². The van der Waals surface area contributed by atoms with E-state index >= 15 is 0 Å². The Balaban J connectivity index is 1.42. The van der Waals surface area contributed by atoms with Gasteiger partial charge in [0.25, 0.3) is 0 Å². The second kappa shape index (κ2) is 9.65. The standard InChI is InChI=1S/C33H38N2O5/c1-18-15-34(16-19(2)40-18)32(36)23-11-7-10-22-28(23)26-14-24-27(39-3)13-12-21(20-8-5-4-6-9-20)31(24)35(26)17-25-29(22)30(25)33(37)38/h7,10,12-14,18-20,23,28H,4-6,8-9,11,15-17H2,1-3H3,(H,37,38)/t18?,19?,23-,28?/m1/s1. The molecule has 1 aromatic heterocycles. The van der Waals surface area contributed by atoms with Crippen LogP contribution in [0.4, 0.5) is 0 Å². The van der Waals surface area contributed by atoms with Crippen molar-refractivity contribution in [3.8, 4) is 5.75 Å². The Bertz CT molecular complexity index is 1490. The SMILES string of the molecule is COc1ccc(C2CCCCC2)c2c1cc1n2CC2=C(C(=O)O)C2=C2C=CC[C@@H](C(=O)N3CC(C)OC(C)C3)C21. The van der Waals surface area contributed by atoms with E-state index in [1.54, 1.807) is 7.11 Å². The first-order chi connectivity index (χ1) is 19.4. The average molecular weight is 543 g/mol. The van der Waals surface area contributed by atoms with Gasteiger partial charge < -0.3 is 24.0 Å². The Kier molecular flexibility index (Phi) is 6.19. The summed E-state index contributed by atoms with van der Waals surface area (Å²) in [6.45, 7) is 5.71. The third-order valence-electron chi connectivity index (χ3n) is 9.75. The van der Waals surface area contributed by atoms with Crippen molar-refractivity contribution in [2.75, 3.05) is 20.2 Å². The second-order valence-corrected chi connectivity index (χ2v) is 12.3. The maximum absolute atomic E-state index is 14.3. The number of fused-ring (bicyclic) bond motifs is 6. The number of aromatic nitrogens is 1. The van der Waals surface area contributed by atoms with Crippen molar-refractivity contribution < 1.29 is 24.2 Å². The Morgan fingerprint density at radius 1 is 1.07 bits per heavy atom. The Labute approximate surface area is 235 Å². The van der Waals surface area contributed by atoms with Gasteiger partial charge in [0.1, 0.15) is 5.75 Å². The molecule has 1 amide bonds. The number of allylic oxidation sites excluding steroid dienone is 4. The molecular weight excluding hydrogens is 504 g/mol. The van der Waals surface area contributed by atoms with Gasteiger partial charge in [0.2, 0.25) is 5.91 Å². The van der Waals surface area contributed by atoms with Crippen LogP contribution in [0, 0.1) is 5.92 Å². The van der Waals surface area contributed by atoms with Crippen molar-refractivity contribution in [2.24, 2.45) is 5.92 Å².